The number of benzene rings is 6. The zero-order valence-electron chi connectivity index (χ0n) is 38.1. The molecule has 6 aromatic carbocycles. The fourth-order valence-electron chi connectivity index (χ4n) is 10.2. The van der Waals surface area contributed by atoms with Crippen LogP contribution in [0.2, 0.25) is 0 Å². The lowest BCUT2D eigenvalue weighted by atomic mass is 9.65. The zero-order chi connectivity index (χ0) is 49.6. The summed E-state index contributed by atoms with van der Waals surface area (Å²) in [5.41, 5.74) is 0.515. The SMILES string of the molecule is O=C1O[C@@H](c2ccccc2)[C@@H](c2ccccc2)N2[C@@H](c3ccccc3OCCO)[C@]3(C(=O)N(C(=O)OCc4ccc([N+](=O)[O-])cc4)c4ccc(C#CCCO)cc43)[C@@H](C(=O)NC[C@H](O)c3ccccc3)[C@H]12. The lowest BCUT2D eigenvalue weighted by Gasteiger charge is -2.46. The molecule has 9 rings (SSSR count). The molecule has 3 heterocycles. The van der Waals surface area contributed by atoms with Crippen molar-refractivity contribution in [2.75, 3.05) is 31.3 Å². The van der Waals surface area contributed by atoms with Crippen molar-refractivity contribution >= 4 is 35.3 Å². The van der Waals surface area contributed by atoms with Crippen molar-refractivity contribution in [1.82, 2.24) is 10.2 Å². The fourth-order valence-corrected chi connectivity index (χ4v) is 10.2. The van der Waals surface area contributed by atoms with Crippen LogP contribution in [0.25, 0.3) is 0 Å². The zero-order valence-corrected chi connectivity index (χ0v) is 38.1. The largest absolute Gasteiger partial charge is 0.491 e. The van der Waals surface area contributed by atoms with Gasteiger partial charge >= 0.3 is 12.1 Å². The van der Waals surface area contributed by atoms with Gasteiger partial charge in [-0.2, -0.15) is 0 Å². The molecule has 3 amide bonds. The third-order valence-electron chi connectivity index (χ3n) is 13.1. The summed E-state index contributed by atoms with van der Waals surface area (Å²) in [6.45, 7) is -1.55. The van der Waals surface area contributed by atoms with Crippen LogP contribution in [0, 0.1) is 27.9 Å². The predicted octanol–water partition coefficient (Wildman–Crippen LogP) is 6.55. The molecule has 0 aliphatic carbocycles. The highest BCUT2D eigenvalue weighted by molar-refractivity contribution is 6.23. The molecule has 360 valence electrons. The lowest BCUT2D eigenvalue weighted by molar-refractivity contribution is -0.384. The number of imide groups is 1. The van der Waals surface area contributed by atoms with E-state index in [0.29, 0.717) is 33.4 Å². The number of rotatable bonds is 14. The first-order valence-electron chi connectivity index (χ1n) is 23.0. The highest BCUT2D eigenvalue weighted by Crippen LogP contribution is 2.66. The normalized spacial score (nSPS) is 21.6. The second kappa shape index (κ2) is 20.8. The van der Waals surface area contributed by atoms with E-state index in [0.717, 1.165) is 4.90 Å². The Kier molecular flexibility index (Phi) is 14.0. The summed E-state index contributed by atoms with van der Waals surface area (Å²) in [6.07, 6.45) is -3.29. The van der Waals surface area contributed by atoms with E-state index in [-0.39, 0.29) is 55.5 Å². The van der Waals surface area contributed by atoms with Crippen LogP contribution in [0.4, 0.5) is 16.2 Å². The molecule has 3 aliphatic rings. The molecule has 6 aromatic rings. The Balaban J connectivity index is 1.31. The molecule has 16 nitrogen and oxygen atoms in total. The molecular formula is C55H48N4O12. The number of ether oxygens (including phenoxy) is 3. The van der Waals surface area contributed by atoms with Crippen molar-refractivity contribution < 1.29 is 53.6 Å². The lowest BCUT2D eigenvalue weighted by Crippen LogP contribution is -2.56. The molecule has 16 heteroatoms. The van der Waals surface area contributed by atoms with Crippen molar-refractivity contribution in [1.29, 1.82) is 0 Å². The number of fused-ring (bicyclic) bond motifs is 3. The average molecular weight is 957 g/mol. The summed E-state index contributed by atoms with van der Waals surface area (Å²) in [7, 11) is 0. The van der Waals surface area contributed by atoms with Gasteiger partial charge in [-0.15, -0.1) is 0 Å². The van der Waals surface area contributed by atoms with Gasteiger partial charge in [0, 0.05) is 36.2 Å². The average Bonchev–Trinajstić information content (AvgIpc) is 3.86. The number of para-hydroxylation sites is 1. The maximum Gasteiger partial charge on any atom is 0.421 e. The number of hydrogen-bond acceptors (Lipinski definition) is 13. The van der Waals surface area contributed by atoms with E-state index in [1.54, 1.807) is 66.7 Å². The topological polar surface area (TPSA) is 218 Å². The van der Waals surface area contributed by atoms with E-state index < -0.39 is 77.1 Å². The van der Waals surface area contributed by atoms with Crippen LogP contribution in [-0.4, -0.2) is 81.4 Å². The first-order chi connectivity index (χ1) is 34.6. The van der Waals surface area contributed by atoms with Gasteiger partial charge in [0.1, 0.15) is 36.5 Å². The number of non-ortho nitro benzene ring substituents is 1. The molecule has 0 aromatic heterocycles. The van der Waals surface area contributed by atoms with Crippen LogP contribution in [0.5, 0.6) is 5.75 Å². The van der Waals surface area contributed by atoms with Gasteiger partial charge in [-0.25, -0.2) is 9.69 Å². The number of cyclic esters (lactones) is 1. The number of aliphatic hydroxyl groups is 3. The molecule has 0 bridgehead atoms. The number of esters is 1. The van der Waals surface area contributed by atoms with Gasteiger partial charge in [0.25, 0.3) is 5.69 Å². The Labute approximate surface area is 408 Å². The van der Waals surface area contributed by atoms with Gasteiger partial charge in [-0.1, -0.05) is 121 Å². The Morgan fingerprint density at radius 2 is 1.48 bits per heavy atom. The minimum Gasteiger partial charge on any atom is -0.491 e. The number of hydrogen-bond donors (Lipinski definition) is 4. The first kappa shape index (κ1) is 47.8. The monoisotopic (exact) mass is 956 g/mol. The highest BCUT2D eigenvalue weighted by Gasteiger charge is 2.76. The number of nitrogens with zero attached hydrogens (tertiary/aromatic N) is 3. The second-order valence-corrected chi connectivity index (χ2v) is 17.2. The van der Waals surface area contributed by atoms with E-state index in [9.17, 15) is 30.2 Å². The highest BCUT2D eigenvalue weighted by atomic mass is 16.6. The number of nitro benzene ring substituents is 1. The van der Waals surface area contributed by atoms with Crippen molar-refractivity contribution in [3.05, 3.63) is 207 Å². The summed E-state index contributed by atoms with van der Waals surface area (Å²) in [6, 6.07) is 39.9. The van der Waals surface area contributed by atoms with Crippen LogP contribution in [-0.2, 0) is 35.9 Å². The second-order valence-electron chi connectivity index (χ2n) is 17.2. The Morgan fingerprint density at radius 1 is 0.817 bits per heavy atom. The van der Waals surface area contributed by atoms with E-state index in [4.69, 9.17) is 14.2 Å². The van der Waals surface area contributed by atoms with Gasteiger partial charge < -0.3 is 34.8 Å². The maximum atomic E-state index is 16.6. The molecule has 4 N–H and O–H groups in total. The molecule has 1 spiro atoms. The molecular weight excluding hydrogens is 909 g/mol. The van der Waals surface area contributed by atoms with E-state index in [2.05, 4.69) is 17.2 Å². The summed E-state index contributed by atoms with van der Waals surface area (Å²) < 4.78 is 18.6. The Bertz CT molecular complexity index is 3000. The summed E-state index contributed by atoms with van der Waals surface area (Å²) >= 11 is 0. The third-order valence-corrected chi connectivity index (χ3v) is 13.1. The number of morpholine rings is 1. The summed E-state index contributed by atoms with van der Waals surface area (Å²) in [5, 5.41) is 45.5. The predicted molar refractivity (Wildman–Crippen MR) is 257 cm³/mol. The van der Waals surface area contributed by atoms with Gasteiger partial charge in [0.05, 0.1) is 47.9 Å². The number of nitro groups is 1. The summed E-state index contributed by atoms with van der Waals surface area (Å²) in [5.74, 6) is 1.81. The Hall–Kier alpha value is -8.20. The van der Waals surface area contributed by atoms with Gasteiger partial charge in [-0.05, 0) is 64.2 Å². The minimum absolute atomic E-state index is 0.0152. The molecule has 7 atom stereocenters. The van der Waals surface area contributed by atoms with Crippen LogP contribution in [0.15, 0.2) is 158 Å². The standard InChI is InChI=1S/C55H48N4O12/c60-29-13-12-14-35-25-28-43-42(32-35)55(53(65)57(43)54(66)70-34-36-23-26-40(27-24-36)59(67)68)46(51(63)56-33-44(62)37-15-4-1-5-16-37)48-52(64)71-49(39-19-8-3-9-20-39)47(38-17-6-2-7-18-38)58(48)50(55)41-21-10-11-22-45(41)69-31-30-61/h1-11,15-28,32,44,46-50,60-62H,13,29-31,33-34H2,(H,56,63)/t44-,46+,47+,48+,49-,50-,55+/m0/s1. The van der Waals surface area contributed by atoms with Crippen LogP contribution in [0.3, 0.4) is 0 Å². The van der Waals surface area contributed by atoms with Gasteiger partial charge in [0.2, 0.25) is 11.8 Å². The Morgan fingerprint density at radius 3 is 2.15 bits per heavy atom. The van der Waals surface area contributed by atoms with Crippen LogP contribution in [0.1, 0.15) is 69.7 Å². The van der Waals surface area contributed by atoms with Crippen molar-refractivity contribution in [2.24, 2.45) is 5.92 Å². The van der Waals surface area contributed by atoms with Crippen molar-refractivity contribution in [3.63, 3.8) is 0 Å². The smallest absolute Gasteiger partial charge is 0.421 e. The number of aliphatic hydroxyl groups excluding tert-OH is 3. The molecule has 2 saturated heterocycles. The number of anilines is 1. The first-order valence-corrected chi connectivity index (χ1v) is 23.0. The quantitative estimate of drug-likeness (QED) is 0.0395. The number of amides is 3. The maximum absolute atomic E-state index is 16.6. The van der Waals surface area contributed by atoms with E-state index in [1.807, 2.05) is 65.6 Å². The van der Waals surface area contributed by atoms with Gasteiger partial charge in [0.15, 0.2) is 0 Å². The van der Waals surface area contributed by atoms with Crippen LogP contribution < -0.4 is 15.0 Å². The molecule has 0 radical (unpaired) electrons. The molecule has 71 heavy (non-hydrogen) atoms. The third kappa shape index (κ3) is 8.99. The fraction of sp³-hybridized carbons (Fsp3) is 0.236. The van der Waals surface area contributed by atoms with Crippen molar-refractivity contribution in [2.45, 2.75) is 48.8 Å². The van der Waals surface area contributed by atoms with Gasteiger partial charge in [-0.3, -0.25) is 29.4 Å². The molecule has 0 unspecified atom stereocenters. The van der Waals surface area contributed by atoms with Crippen LogP contribution >= 0.6 is 0 Å². The van der Waals surface area contributed by atoms with E-state index >= 15 is 14.4 Å². The number of carbonyl (C=O) groups is 4. The molecule has 0 saturated carbocycles. The minimum atomic E-state index is -2.25. The molecule has 3 aliphatic heterocycles. The van der Waals surface area contributed by atoms with E-state index in [1.165, 1.54) is 30.3 Å². The van der Waals surface area contributed by atoms with Crippen molar-refractivity contribution in [3.8, 4) is 17.6 Å². The summed E-state index contributed by atoms with van der Waals surface area (Å²) in [4.78, 5) is 76.1. The number of carbonyl (C=O) groups excluding carboxylic acids is 4. The molecule has 2 fully saturated rings. The number of nitrogens with one attached hydrogen (secondary N) is 1.